The number of carbonyl (C=O) groups excluding carboxylic acids is 2. The molecule has 0 radical (unpaired) electrons. The second kappa shape index (κ2) is 5.77. The molecule has 1 N–H and O–H groups in total. The SMILES string of the molecule is CC1=C(CC(=O)OC2C3CC4C(=O)OC2C4O3)CCC1(C)CS(=O)(=O)O. The summed E-state index contributed by atoms with van der Waals surface area (Å²) >= 11 is 0. The number of ether oxygens (including phenoxy) is 3. The predicted octanol–water partition coefficient (Wildman–Crippen LogP) is 1.01. The molecule has 26 heavy (non-hydrogen) atoms. The van der Waals surface area contributed by atoms with E-state index in [-0.39, 0.29) is 36.3 Å². The lowest BCUT2D eigenvalue weighted by atomic mass is 9.86. The zero-order valence-corrected chi connectivity index (χ0v) is 15.5. The van der Waals surface area contributed by atoms with Crippen molar-refractivity contribution in [1.82, 2.24) is 0 Å². The first-order valence-electron chi connectivity index (χ1n) is 8.77. The molecule has 4 aliphatic rings. The van der Waals surface area contributed by atoms with Gasteiger partial charge < -0.3 is 14.2 Å². The third-order valence-corrected chi connectivity index (χ3v) is 7.33. The minimum atomic E-state index is -4.10. The lowest BCUT2D eigenvalue weighted by Crippen LogP contribution is -2.40. The van der Waals surface area contributed by atoms with Gasteiger partial charge in [-0.25, -0.2) is 0 Å². The first kappa shape index (κ1) is 17.9. The van der Waals surface area contributed by atoms with Crippen LogP contribution in [0.5, 0.6) is 0 Å². The van der Waals surface area contributed by atoms with Gasteiger partial charge in [0.05, 0.1) is 24.2 Å². The monoisotopic (exact) mass is 386 g/mol. The van der Waals surface area contributed by atoms with Gasteiger partial charge in [0.1, 0.15) is 6.10 Å². The Hall–Kier alpha value is -1.45. The highest BCUT2D eigenvalue weighted by atomic mass is 32.2. The van der Waals surface area contributed by atoms with E-state index in [2.05, 4.69) is 0 Å². The second-order valence-corrected chi connectivity index (χ2v) is 9.48. The quantitative estimate of drug-likeness (QED) is 0.423. The minimum absolute atomic E-state index is 0.0604. The summed E-state index contributed by atoms with van der Waals surface area (Å²) in [6, 6.07) is 0. The molecule has 0 saturated carbocycles. The molecule has 6 unspecified atom stereocenters. The molecule has 0 spiro atoms. The van der Waals surface area contributed by atoms with Crippen LogP contribution in [0.25, 0.3) is 0 Å². The van der Waals surface area contributed by atoms with Crippen molar-refractivity contribution in [3.8, 4) is 0 Å². The van der Waals surface area contributed by atoms with E-state index in [9.17, 15) is 18.0 Å². The zero-order chi connectivity index (χ0) is 18.9. The van der Waals surface area contributed by atoms with Gasteiger partial charge in [-0.3, -0.25) is 14.1 Å². The fourth-order valence-electron chi connectivity index (χ4n) is 4.78. The van der Waals surface area contributed by atoms with Gasteiger partial charge in [0, 0.05) is 5.41 Å². The van der Waals surface area contributed by atoms with Crippen LogP contribution in [0, 0.1) is 11.3 Å². The van der Waals surface area contributed by atoms with Crippen LogP contribution < -0.4 is 0 Å². The third-order valence-electron chi connectivity index (χ3n) is 6.32. The lowest BCUT2D eigenvalue weighted by Gasteiger charge is -2.24. The van der Waals surface area contributed by atoms with Gasteiger partial charge in [0.2, 0.25) is 0 Å². The van der Waals surface area contributed by atoms with Crippen LogP contribution >= 0.6 is 0 Å². The molecule has 3 saturated heterocycles. The van der Waals surface area contributed by atoms with Crippen LogP contribution in [-0.4, -0.2) is 55.1 Å². The van der Waals surface area contributed by atoms with Crippen molar-refractivity contribution in [1.29, 1.82) is 0 Å². The summed E-state index contributed by atoms with van der Waals surface area (Å²) in [5, 5.41) is 0. The Labute approximate surface area is 151 Å². The Morgan fingerprint density at radius 2 is 2.12 bits per heavy atom. The molecule has 4 rings (SSSR count). The molecule has 0 aromatic carbocycles. The molecule has 8 nitrogen and oxygen atoms in total. The molecule has 1 aliphatic carbocycles. The van der Waals surface area contributed by atoms with Gasteiger partial charge in [-0.1, -0.05) is 18.1 Å². The highest BCUT2D eigenvalue weighted by Gasteiger charge is 2.65. The standard InChI is InChI=1S/C17H22O8S/c1-8-9(3-4-17(8,2)7-26(20,21)22)5-12(18)24-14-11-6-10-13(23-11)15(14)25-16(10)19/h10-11,13-15H,3-7H2,1-2H3,(H,20,21,22). The number of allylic oxidation sites excluding steroid dienone is 1. The predicted molar refractivity (Wildman–Crippen MR) is 87.6 cm³/mol. The highest BCUT2D eigenvalue weighted by molar-refractivity contribution is 7.85. The number of hydrogen-bond acceptors (Lipinski definition) is 7. The maximum absolute atomic E-state index is 12.4. The average molecular weight is 386 g/mol. The largest absolute Gasteiger partial charge is 0.455 e. The maximum Gasteiger partial charge on any atom is 0.312 e. The molecule has 0 aromatic heterocycles. The van der Waals surface area contributed by atoms with Gasteiger partial charge in [-0.05, 0) is 26.2 Å². The fraction of sp³-hybridized carbons (Fsp3) is 0.765. The summed E-state index contributed by atoms with van der Waals surface area (Å²) in [6.07, 6.45) is 0.0305. The van der Waals surface area contributed by atoms with Crippen molar-refractivity contribution in [3.05, 3.63) is 11.1 Å². The van der Waals surface area contributed by atoms with E-state index < -0.39 is 33.7 Å². The van der Waals surface area contributed by atoms with Gasteiger partial charge in [0.25, 0.3) is 10.1 Å². The third kappa shape index (κ3) is 2.86. The molecule has 9 heteroatoms. The van der Waals surface area contributed by atoms with Crippen LogP contribution in [0.15, 0.2) is 11.1 Å². The maximum atomic E-state index is 12.4. The van der Waals surface area contributed by atoms with Crippen LogP contribution in [-0.2, 0) is 33.9 Å². The molecule has 0 aromatic rings. The first-order chi connectivity index (χ1) is 12.1. The van der Waals surface area contributed by atoms with Crippen molar-refractivity contribution in [2.24, 2.45) is 11.3 Å². The van der Waals surface area contributed by atoms with Crippen LogP contribution in [0.3, 0.4) is 0 Å². The Balaban J connectivity index is 1.41. The van der Waals surface area contributed by atoms with Gasteiger partial charge in [0.15, 0.2) is 12.2 Å². The van der Waals surface area contributed by atoms with Gasteiger partial charge in [-0.2, -0.15) is 8.42 Å². The zero-order valence-electron chi connectivity index (χ0n) is 14.6. The molecule has 3 heterocycles. The molecule has 6 atom stereocenters. The van der Waals surface area contributed by atoms with Crippen molar-refractivity contribution >= 4 is 22.1 Å². The van der Waals surface area contributed by atoms with Crippen molar-refractivity contribution < 1.29 is 36.8 Å². The fourth-order valence-corrected chi connectivity index (χ4v) is 5.95. The normalized spacial score (nSPS) is 41.0. The Bertz CT molecular complexity index is 800. The number of fused-ring (bicyclic) bond motifs is 1. The Morgan fingerprint density at radius 1 is 1.38 bits per heavy atom. The Morgan fingerprint density at radius 3 is 2.81 bits per heavy atom. The van der Waals surface area contributed by atoms with E-state index >= 15 is 0 Å². The van der Waals surface area contributed by atoms with Crippen molar-refractivity contribution in [2.45, 2.75) is 63.9 Å². The second-order valence-electron chi connectivity index (χ2n) is 8.03. The molecule has 0 amide bonds. The van der Waals surface area contributed by atoms with E-state index in [1.807, 2.05) is 0 Å². The van der Waals surface area contributed by atoms with E-state index in [0.29, 0.717) is 19.3 Å². The van der Waals surface area contributed by atoms with E-state index in [0.717, 1.165) is 11.1 Å². The number of hydrogen-bond donors (Lipinski definition) is 1. The molecule has 2 bridgehead atoms. The van der Waals surface area contributed by atoms with Crippen molar-refractivity contribution in [3.63, 3.8) is 0 Å². The summed E-state index contributed by atoms with van der Waals surface area (Å²) in [6.45, 7) is 3.57. The molecular weight excluding hydrogens is 364 g/mol. The molecule has 3 aliphatic heterocycles. The number of esters is 2. The average Bonchev–Trinajstić information content (AvgIpc) is 3.19. The summed E-state index contributed by atoms with van der Waals surface area (Å²) in [5.74, 6) is -1.31. The van der Waals surface area contributed by atoms with E-state index in [4.69, 9.17) is 18.8 Å². The van der Waals surface area contributed by atoms with Crippen LogP contribution in [0.1, 0.15) is 39.5 Å². The lowest BCUT2D eigenvalue weighted by molar-refractivity contribution is -0.159. The topological polar surface area (TPSA) is 116 Å². The molecule has 3 fully saturated rings. The molecular formula is C17H22O8S. The number of carbonyl (C=O) groups is 2. The summed E-state index contributed by atoms with van der Waals surface area (Å²) in [5.41, 5.74) is 0.975. The molecule has 144 valence electrons. The summed E-state index contributed by atoms with van der Waals surface area (Å²) in [7, 11) is -4.10. The van der Waals surface area contributed by atoms with Gasteiger partial charge >= 0.3 is 11.9 Å². The van der Waals surface area contributed by atoms with Gasteiger partial charge in [-0.15, -0.1) is 0 Å². The van der Waals surface area contributed by atoms with Crippen molar-refractivity contribution in [2.75, 3.05) is 5.75 Å². The number of rotatable bonds is 5. The Kier molecular flexibility index (Phi) is 3.98. The minimum Gasteiger partial charge on any atom is -0.455 e. The summed E-state index contributed by atoms with van der Waals surface area (Å²) in [4.78, 5) is 24.1. The van der Waals surface area contributed by atoms with E-state index in [1.165, 1.54) is 0 Å². The smallest absolute Gasteiger partial charge is 0.312 e. The van der Waals surface area contributed by atoms with Crippen LogP contribution in [0.2, 0.25) is 0 Å². The first-order valence-corrected chi connectivity index (χ1v) is 10.4. The summed E-state index contributed by atoms with van der Waals surface area (Å²) < 4.78 is 48.2. The van der Waals surface area contributed by atoms with Crippen LogP contribution in [0.4, 0.5) is 0 Å². The van der Waals surface area contributed by atoms with E-state index in [1.54, 1.807) is 13.8 Å². The highest BCUT2D eigenvalue weighted by Crippen LogP contribution is 2.48.